The molecule has 0 aromatic heterocycles. The highest BCUT2D eigenvalue weighted by Gasteiger charge is 2.25. The quantitative estimate of drug-likeness (QED) is 0.897. The van der Waals surface area contributed by atoms with Crippen molar-refractivity contribution in [3.8, 4) is 0 Å². The van der Waals surface area contributed by atoms with Crippen LogP contribution in [0.1, 0.15) is 22.8 Å². The Bertz CT molecular complexity index is 791. The van der Waals surface area contributed by atoms with E-state index in [1.807, 2.05) is 6.07 Å². The Balaban J connectivity index is 2.27. The van der Waals surface area contributed by atoms with Crippen molar-refractivity contribution < 1.29 is 13.5 Å². The Morgan fingerprint density at radius 2 is 1.74 bits per heavy atom. The Morgan fingerprint density at radius 1 is 1.13 bits per heavy atom. The molecule has 124 valence electrons. The lowest BCUT2D eigenvalue weighted by Gasteiger charge is -2.22. The van der Waals surface area contributed by atoms with Crippen LogP contribution in [0.5, 0.6) is 0 Å². The number of aliphatic hydroxyl groups excluding tert-OH is 1. The van der Waals surface area contributed by atoms with Gasteiger partial charge in [-0.15, -0.1) is 0 Å². The molecule has 6 heteroatoms. The molecule has 1 unspecified atom stereocenters. The smallest absolute Gasteiger partial charge is 0.243 e. The van der Waals surface area contributed by atoms with Crippen LogP contribution in [0.2, 0.25) is 5.02 Å². The van der Waals surface area contributed by atoms with Crippen LogP contribution in [-0.2, 0) is 10.0 Å². The zero-order valence-corrected chi connectivity index (χ0v) is 14.9. The third-order valence-electron chi connectivity index (χ3n) is 3.76. The monoisotopic (exact) mass is 353 g/mol. The maximum Gasteiger partial charge on any atom is 0.243 e. The number of likely N-dealkylation sites (N-methyl/N-ethyl adjacent to an activating group) is 1. The lowest BCUT2D eigenvalue weighted by atomic mass is 10.1. The Hall–Kier alpha value is -1.40. The number of nitrogens with zero attached hydrogens (tertiary/aromatic N) is 1. The molecule has 4 nitrogen and oxygen atoms in total. The van der Waals surface area contributed by atoms with E-state index in [0.29, 0.717) is 21.7 Å². The lowest BCUT2D eigenvalue weighted by Crippen LogP contribution is -2.31. The van der Waals surface area contributed by atoms with Gasteiger partial charge in [0, 0.05) is 18.6 Å². The summed E-state index contributed by atoms with van der Waals surface area (Å²) < 4.78 is 26.7. The minimum absolute atomic E-state index is 0.0204. The average Bonchev–Trinajstić information content (AvgIpc) is 2.51. The summed E-state index contributed by atoms with van der Waals surface area (Å²) in [7, 11) is -2.23. The summed E-state index contributed by atoms with van der Waals surface area (Å²) in [5.41, 5.74) is 1.97. The molecule has 0 bridgehead atoms. The van der Waals surface area contributed by atoms with Crippen molar-refractivity contribution in [3.63, 3.8) is 0 Å². The van der Waals surface area contributed by atoms with Crippen molar-refractivity contribution in [2.45, 2.75) is 24.8 Å². The van der Waals surface area contributed by atoms with Gasteiger partial charge in [-0.25, -0.2) is 8.42 Å². The van der Waals surface area contributed by atoms with E-state index in [1.54, 1.807) is 50.2 Å². The Kier molecular flexibility index (Phi) is 5.47. The lowest BCUT2D eigenvalue weighted by molar-refractivity contribution is 0.155. The molecule has 2 rings (SSSR count). The summed E-state index contributed by atoms with van der Waals surface area (Å²) in [4.78, 5) is 0.210. The summed E-state index contributed by atoms with van der Waals surface area (Å²) in [6.45, 7) is 3.45. The molecule has 1 N–H and O–H groups in total. The summed E-state index contributed by atoms with van der Waals surface area (Å²) in [5, 5.41) is 10.8. The van der Waals surface area contributed by atoms with Crippen molar-refractivity contribution in [2.75, 3.05) is 13.6 Å². The van der Waals surface area contributed by atoms with Gasteiger partial charge in [-0.3, -0.25) is 0 Å². The van der Waals surface area contributed by atoms with Gasteiger partial charge in [-0.1, -0.05) is 41.9 Å². The van der Waals surface area contributed by atoms with Gasteiger partial charge in [0.2, 0.25) is 10.0 Å². The SMILES string of the molecule is Cc1cc(S(=O)(=O)N(C)CC(O)c2ccccc2)c(C)cc1Cl. The molecule has 0 heterocycles. The number of hydrogen-bond donors (Lipinski definition) is 1. The van der Waals surface area contributed by atoms with Gasteiger partial charge in [0.25, 0.3) is 0 Å². The minimum atomic E-state index is -3.70. The molecular formula is C17H20ClNO3S. The van der Waals surface area contributed by atoms with Crippen molar-refractivity contribution in [1.82, 2.24) is 4.31 Å². The first kappa shape index (κ1) is 17.9. The molecule has 0 amide bonds. The highest BCUT2D eigenvalue weighted by molar-refractivity contribution is 7.89. The molecule has 1 atom stereocenters. The van der Waals surface area contributed by atoms with E-state index in [-0.39, 0.29) is 11.4 Å². The second kappa shape index (κ2) is 7.01. The van der Waals surface area contributed by atoms with E-state index in [1.165, 1.54) is 11.4 Å². The zero-order chi connectivity index (χ0) is 17.2. The first-order valence-corrected chi connectivity index (χ1v) is 9.01. The van der Waals surface area contributed by atoms with Crippen molar-refractivity contribution >= 4 is 21.6 Å². The molecule has 0 saturated carbocycles. The largest absolute Gasteiger partial charge is 0.387 e. The van der Waals surface area contributed by atoms with Crippen LogP contribution in [0.3, 0.4) is 0 Å². The van der Waals surface area contributed by atoms with Crippen LogP contribution in [0.25, 0.3) is 0 Å². The van der Waals surface area contributed by atoms with E-state index in [4.69, 9.17) is 11.6 Å². The fraction of sp³-hybridized carbons (Fsp3) is 0.294. The third-order valence-corrected chi connectivity index (χ3v) is 6.13. The van der Waals surface area contributed by atoms with Crippen molar-refractivity contribution in [1.29, 1.82) is 0 Å². The number of rotatable bonds is 5. The molecular weight excluding hydrogens is 334 g/mol. The van der Waals surface area contributed by atoms with E-state index in [0.717, 1.165) is 0 Å². The van der Waals surface area contributed by atoms with Crippen molar-refractivity contribution in [3.05, 3.63) is 64.2 Å². The van der Waals surface area contributed by atoms with Gasteiger partial charge in [-0.2, -0.15) is 4.31 Å². The number of halogens is 1. The Morgan fingerprint density at radius 3 is 2.35 bits per heavy atom. The van der Waals surface area contributed by atoms with Gasteiger partial charge in [-0.05, 0) is 42.7 Å². The van der Waals surface area contributed by atoms with Crippen molar-refractivity contribution in [2.24, 2.45) is 0 Å². The highest BCUT2D eigenvalue weighted by Crippen LogP contribution is 2.26. The van der Waals surface area contributed by atoms with Crippen LogP contribution in [0.15, 0.2) is 47.4 Å². The van der Waals surface area contributed by atoms with E-state index in [2.05, 4.69) is 0 Å². The molecule has 2 aromatic carbocycles. The second-order valence-electron chi connectivity index (χ2n) is 5.58. The molecule has 0 aliphatic rings. The normalized spacial score (nSPS) is 13.3. The third kappa shape index (κ3) is 3.93. The predicted molar refractivity (Wildman–Crippen MR) is 92.1 cm³/mol. The molecule has 0 saturated heterocycles. The number of aliphatic hydroxyl groups is 1. The number of benzene rings is 2. The van der Waals surface area contributed by atoms with Gasteiger partial charge in [0.15, 0.2) is 0 Å². The van der Waals surface area contributed by atoms with Crippen LogP contribution in [-0.4, -0.2) is 31.4 Å². The standard InChI is InChI=1S/C17H20ClNO3S/c1-12-10-17(13(2)9-15(12)18)23(21,22)19(3)11-16(20)14-7-5-4-6-8-14/h4-10,16,20H,11H2,1-3H3. The second-order valence-corrected chi connectivity index (χ2v) is 8.00. The topological polar surface area (TPSA) is 57.6 Å². The molecule has 2 aromatic rings. The van der Waals surface area contributed by atoms with E-state index in [9.17, 15) is 13.5 Å². The fourth-order valence-corrected chi connectivity index (χ4v) is 4.01. The summed E-state index contributed by atoms with van der Waals surface area (Å²) >= 11 is 6.03. The fourth-order valence-electron chi connectivity index (χ4n) is 2.32. The summed E-state index contributed by atoms with van der Waals surface area (Å²) in [6.07, 6.45) is -0.885. The Labute approximate surface area is 142 Å². The van der Waals surface area contributed by atoms with E-state index < -0.39 is 16.1 Å². The number of aryl methyl sites for hydroxylation is 2. The van der Waals surface area contributed by atoms with E-state index >= 15 is 0 Å². The number of sulfonamides is 1. The molecule has 0 aliphatic heterocycles. The summed E-state index contributed by atoms with van der Waals surface area (Å²) in [6, 6.07) is 12.2. The minimum Gasteiger partial charge on any atom is -0.387 e. The van der Waals surface area contributed by atoms with Gasteiger partial charge in [0.1, 0.15) is 0 Å². The molecule has 0 fully saturated rings. The maximum atomic E-state index is 12.8. The predicted octanol–water partition coefficient (Wildman–Crippen LogP) is 3.31. The van der Waals surface area contributed by atoms with Crippen LogP contribution in [0.4, 0.5) is 0 Å². The van der Waals surface area contributed by atoms with Crippen LogP contribution >= 0.6 is 11.6 Å². The molecule has 0 spiro atoms. The zero-order valence-electron chi connectivity index (χ0n) is 13.3. The van der Waals surface area contributed by atoms with Crippen LogP contribution < -0.4 is 0 Å². The molecule has 23 heavy (non-hydrogen) atoms. The number of hydrogen-bond acceptors (Lipinski definition) is 3. The summed E-state index contributed by atoms with van der Waals surface area (Å²) in [5.74, 6) is 0. The molecule has 0 radical (unpaired) electrons. The van der Waals surface area contributed by atoms with Gasteiger partial charge >= 0.3 is 0 Å². The molecule has 0 aliphatic carbocycles. The highest BCUT2D eigenvalue weighted by atomic mass is 35.5. The maximum absolute atomic E-state index is 12.8. The van der Waals surface area contributed by atoms with Gasteiger partial charge in [0.05, 0.1) is 11.0 Å². The first-order chi connectivity index (χ1) is 10.7. The average molecular weight is 354 g/mol. The van der Waals surface area contributed by atoms with Crippen LogP contribution in [0, 0.1) is 13.8 Å². The van der Waals surface area contributed by atoms with Gasteiger partial charge < -0.3 is 5.11 Å². The first-order valence-electron chi connectivity index (χ1n) is 7.19.